The third kappa shape index (κ3) is 6.59. The fourth-order valence-electron chi connectivity index (χ4n) is 5.80. The Labute approximate surface area is 232 Å². The van der Waals surface area contributed by atoms with Crippen LogP contribution in [0.1, 0.15) is 80.4 Å². The van der Waals surface area contributed by atoms with Crippen LogP contribution in [0.25, 0.3) is 0 Å². The Balaban J connectivity index is 1.58. The van der Waals surface area contributed by atoms with Gasteiger partial charge in [-0.15, -0.1) is 0 Å². The summed E-state index contributed by atoms with van der Waals surface area (Å²) >= 11 is 0. The average Bonchev–Trinajstić information content (AvgIpc) is 3.24. The molecule has 3 amide bonds. The Morgan fingerprint density at radius 2 is 1.55 bits per heavy atom. The predicted octanol–water partition coefficient (Wildman–Crippen LogP) is 6.50. The zero-order chi connectivity index (χ0) is 29.2. The van der Waals surface area contributed by atoms with Crippen molar-refractivity contribution in [1.29, 1.82) is 0 Å². The van der Waals surface area contributed by atoms with Gasteiger partial charge < -0.3 is 15.3 Å². The first-order chi connectivity index (χ1) is 18.8. The van der Waals surface area contributed by atoms with E-state index in [-0.39, 0.29) is 48.9 Å². The molecule has 2 aromatic carbocycles. The van der Waals surface area contributed by atoms with Crippen LogP contribution in [0.5, 0.6) is 0 Å². The molecule has 1 heterocycles. The molecule has 40 heavy (non-hydrogen) atoms. The number of anilines is 1. The van der Waals surface area contributed by atoms with E-state index < -0.39 is 17.7 Å². The summed E-state index contributed by atoms with van der Waals surface area (Å²) < 4.78 is 39.4. The van der Waals surface area contributed by atoms with Crippen molar-refractivity contribution in [3.05, 3.63) is 65.2 Å². The molecule has 0 aromatic heterocycles. The number of nitrogens with one attached hydrogen (secondary N) is 1. The van der Waals surface area contributed by atoms with Crippen LogP contribution >= 0.6 is 0 Å². The Hall–Kier alpha value is -3.56. The lowest BCUT2D eigenvalue weighted by Gasteiger charge is -2.41. The standard InChI is InChI=1S/C30H36F3N3O4/c1-29(2,3)21-8-14-24(15-9-21)36-25(19-4-6-20(7-5-19)27(39)34-17-16-26(37)38)18-35(28(36)40)23-12-10-22(11-13-23)30(31,32)33/h4-7,10-13,21,24-25H,8-9,14-18H2,1-3H3,(H,34,39)(H,37,38). The molecule has 2 N–H and O–H groups in total. The molecule has 1 saturated heterocycles. The summed E-state index contributed by atoms with van der Waals surface area (Å²) in [5.74, 6) is -0.848. The van der Waals surface area contributed by atoms with E-state index in [0.717, 1.165) is 43.4 Å². The topological polar surface area (TPSA) is 90.0 Å². The van der Waals surface area contributed by atoms with Gasteiger partial charge in [-0.05, 0) is 79.0 Å². The summed E-state index contributed by atoms with van der Waals surface area (Å²) in [6, 6.07) is 10.9. The van der Waals surface area contributed by atoms with Crippen molar-refractivity contribution in [2.75, 3.05) is 18.0 Å². The van der Waals surface area contributed by atoms with Gasteiger partial charge >= 0.3 is 18.2 Å². The number of rotatable bonds is 7. The minimum Gasteiger partial charge on any atom is -0.481 e. The van der Waals surface area contributed by atoms with Crippen molar-refractivity contribution in [3.63, 3.8) is 0 Å². The summed E-state index contributed by atoms with van der Waals surface area (Å²) in [7, 11) is 0. The van der Waals surface area contributed by atoms with E-state index in [0.29, 0.717) is 17.2 Å². The molecular formula is C30H36F3N3O4. The highest BCUT2D eigenvalue weighted by Gasteiger charge is 2.44. The summed E-state index contributed by atoms with van der Waals surface area (Å²) in [6.07, 6.45) is -0.985. The molecule has 2 fully saturated rings. The van der Waals surface area contributed by atoms with E-state index >= 15 is 0 Å². The normalized spacial score (nSPS) is 21.9. The molecule has 216 valence electrons. The summed E-state index contributed by atoms with van der Waals surface area (Å²) in [6.45, 7) is 6.97. The van der Waals surface area contributed by atoms with Crippen LogP contribution < -0.4 is 10.2 Å². The minimum absolute atomic E-state index is 0.00505. The molecule has 1 aliphatic carbocycles. The SMILES string of the molecule is CC(C)(C)C1CCC(N2C(=O)N(c3ccc(C(F)(F)F)cc3)CC2c2ccc(C(=O)NCCC(=O)O)cc2)CC1. The Kier molecular flexibility index (Phi) is 8.46. The fourth-order valence-corrected chi connectivity index (χ4v) is 5.80. The summed E-state index contributed by atoms with van der Waals surface area (Å²) in [4.78, 5) is 40.4. The van der Waals surface area contributed by atoms with E-state index in [2.05, 4.69) is 26.1 Å². The van der Waals surface area contributed by atoms with Crippen LogP contribution in [0.4, 0.5) is 23.7 Å². The molecule has 1 aliphatic heterocycles. The molecular weight excluding hydrogens is 523 g/mol. The summed E-state index contributed by atoms with van der Waals surface area (Å²) in [5.41, 5.74) is 1.00. The molecule has 0 radical (unpaired) electrons. The zero-order valence-corrected chi connectivity index (χ0v) is 23.0. The molecule has 1 atom stereocenters. The number of urea groups is 1. The van der Waals surface area contributed by atoms with E-state index in [9.17, 15) is 27.6 Å². The number of alkyl halides is 3. The maximum absolute atomic E-state index is 13.8. The highest BCUT2D eigenvalue weighted by atomic mass is 19.4. The van der Waals surface area contributed by atoms with Crippen LogP contribution in [0, 0.1) is 11.3 Å². The number of nitrogens with zero attached hydrogens (tertiary/aromatic N) is 2. The summed E-state index contributed by atoms with van der Waals surface area (Å²) in [5, 5.41) is 11.4. The number of carbonyl (C=O) groups excluding carboxylic acids is 2. The van der Waals surface area contributed by atoms with E-state index in [4.69, 9.17) is 5.11 Å². The van der Waals surface area contributed by atoms with Gasteiger partial charge in [-0.2, -0.15) is 13.2 Å². The number of carboxylic acids is 1. The largest absolute Gasteiger partial charge is 0.481 e. The number of benzene rings is 2. The van der Waals surface area contributed by atoms with Crippen LogP contribution in [0.2, 0.25) is 0 Å². The number of hydrogen-bond acceptors (Lipinski definition) is 3. The lowest BCUT2D eigenvalue weighted by atomic mass is 9.71. The minimum atomic E-state index is -4.46. The number of amides is 3. The number of halogens is 3. The van der Waals surface area contributed by atoms with Gasteiger partial charge in [0.1, 0.15) is 0 Å². The molecule has 7 nitrogen and oxygen atoms in total. The number of carbonyl (C=O) groups is 3. The first-order valence-electron chi connectivity index (χ1n) is 13.6. The first kappa shape index (κ1) is 29.4. The van der Waals surface area contributed by atoms with Crippen molar-refractivity contribution in [2.45, 2.75) is 71.1 Å². The third-order valence-corrected chi connectivity index (χ3v) is 8.15. The van der Waals surface area contributed by atoms with Gasteiger partial charge in [0.05, 0.1) is 24.6 Å². The van der Waals surface area contributed by atoms with Crippen LogP contribution in [0.3, 0.4) is 0 Å². The lowest BCUT2D eigenvalue weighted by Crippen LogP contribution is -2.43. The quantitative estimate of drug-likeness (QED) is 0.405. The van der Waals surface area contributed by atoms with Crippen LogP contribution in [0.15, 0.2) is 48.5 Å². The highest BCUT2D eigenvalue weighted by Crippen LogP contribution is 2.43. The number of aliphatic carboxylic acids is 1. The molecule has 0 spiro atoms. The first-order valence-corrected chi connectivity index (χ1v) is 13.6. The number of carboxylic acid groups (broad SMARTS) is 1. The maximum Gasteiger partial charge on any atom is 0.416 e. The van der Waals surface area contributed by atoms with Gasteiger partial charge in [0, 0.05) is 23.8 Å². The Morgan fingerprint density at radius 1 is 0.950 bits per heavy atom. The highest BCUT2D eigenvalue weighted by molar-refractivity contribution is 5.96. The van der Waals surface area contributed by atoms with E-state index in [1.54, 1.807) is 24.3 Å². The van der Waals surface area contributed by atoms with Gasteiger partial charge in [-0.3, -0.25) is 14.5 Å². The molecule has 2 aliphatic rings. The molecule has 1 unspecified atom stereocenters. The van der Waals surface area contributed by atoms with E-state index in [1.807, 2.05) is 4.90 Å². The Morgan fingerprint density at radius 3 is 2.08 bits per heavy atom. The van der Waals surface area contributed by atoms with Gasteiger partial charge in [0.2, 0.25) is 0 Å². The monoisotopic (exact) mass is 559 g/mol. The average molecular weight is 560 g/mol. The molecule has 4 rings (SSSR count). The van der Waals surface area contributed by atoms with Crippen molar-refractivity contribution in [2.24, 2.45) is 11.3 Å². The second-order valence-corrected chi connectivity index (χ2v) is 11.8. The molecule has 1 saturated carbocycles. The second-order valence-electron chi connectivity index (χ2n) is 11.8. The molecule has 0 bridgehead atoms. The van der Waals surface area contributed by atoms with Crippen molar-refractivity contribution < 1.29 is 32.7 Å². The number of hydrogen-bond donors (Lipinski definition) is 2. The van der Waals surface area contributed by atoms with Gasteiger partial charge in [-0.1, -0.05) is 32.9 Å². The second kappa shape index (κ2) is 11.5. The smallest absolute Gasteiger partial charge is 0.416 e. The van der Waals surface area contributed by atoms with Crippen molar-refractivity contribution in [1.82, 2.24) is 10.2 Å². The molecule has 2 aromatic rings. The maximum atomic E-state index is 13.8. The van der Waals surface area contributed by atoms with Crippen LogP contribution in [-0.2, 0) is 11.0 Å². The molecule has 10 heteroatoms. The zero-order valence-electron chi connectivity index (χ0n) is 23.0. The fraction of sp³-hybridized carbons (Fsp3) is 0.500. The van der Waals surface area contributed by atoms with Crippen molar-refractivity contribution in [3.8, 4) is 0 Å². The van der Waals surface area contributed by atoms with Gasteiger partial charge in [-0.25, -0.2) is 4.79 Å². The predicted molar refractivity (Wildman–Crippen MR) is 145 cm³/mol. The van der Waals surface area contributed by atoms with Crippen LogP contribution in [-0.4, -0.2) is 47.0 Å². The van der Waals surface area contributed by atoms with E-state index in [1.165, 1.54) is 17.0 Å². The Bertz CT molecular complexity index is 1210. The van der Waals surface area contributed by atoms with Gasteiger partial charge in [0.15, 0.2) is 0 Å². The van der Waals surface area contributed by atoms with Gasteiger partial charge in [0.25, 0.3) is 5.91 Å². The lowest BCUT2D eigenvalue weighted by molar-refractivity contribution is -0.138. The third-order valence-electron chi connectivity index (χ3n) is 8.15. The van der Waals surface area contributed by atoms with Crippen molar-refractivity contribution >= 4 is 23.6 Å².